The van der Waals surface area contributed by atoms with E-state index in [1.807, 2.05) is 0 Å². The maximum absolute atomic E-state index is 13.2. The van der Waals surface area contributed by atoms with Crippen LogP contribution in [-0.2, 0) is 9.59 Å². The van der Waals surface area contributed by atoms with Gasteiger partial charge in [-0.1, -0.05) is 19.8 Å². The lowest BCUT2D eigenvalue weighted by Crippen LogP contribution is -2.54. The van der Waals surface area contributed by atoms with E-state index in [-0.39, 0.29) is 43.1 Å². The van der Waals surface area contributed by atoms with Crippen LogP contribution in [0.1, 0.15) is 45.4 Å². The fraction of sp³-hybridized carbons (Fsp3) is 0.609. The highest BCUT2D eigenvalue weighted by Crippen LogP contribution is 2.38. The van der Waals surface area contributed by atoms with E-state index in [1.54, 1.807) is 18.2 Å². The van der Waals surface area contributed by atoms with Crippen molar-refractivity contribution in [1.82, 2.24) is 15.1 Å². The molecule has 0 bridgehead atoms. The predicted octanol–water partition coefficient (Wildman–Crippen LogP) is 2.52. The van der Waals surface area contributed by atoms with E-state index < -0.39 is 5.54 Å². The van der Waals surface area contributed by atoms with Gasteiger partial charge in [0.15, 0.2) is 11.5 Å². The highest BCUT2D eigenvalue weighted by atomic mass is 16.7. The van der Waals surface area contributed by atoms with Crippen molar-refractivity contribution in [2.24, 2.45) is 11.8 Å². The van der Waals surface area contributed by atoms with Crippen LogP contribution in [0, 0.1) is 11.8 Å². The molecule has 172 valence electrons. The quantitative estimate of drug-likeness (QED) is 0.695. The van der Waals surface area contributed by atoms with Gasteiger partial charge in [0.1, 0.15) is 5.54 Å². The zero-order valence-corrected chi connectivity index (χ0v) is 18.4. The molecule has 5 rings (SSSR count). The van der Waals surface area contributed by atoms with Gasteiger partial charge in [0.25, 0.3) is 5.91 Å². The number of carbonyl (C=O) groups excluding carboxylic acids is 3. The number of fused-ring (bicyclic) bond motifs is 1. The lowest BCUT2D eigenvalue weighted by Gasteiger charge is -2.37. The first-order valence-corrected chi connectivity index (χ1v) is 11.5. The number of hydrogen-bond donors (Lipinski definition) is 2. The van der Waals surface area contributed by atoms with Crippen molar-refractivity contribution in [3.8, 4) is 11.5 Å². The van der Waals surface area contributed by atoms with Gasteiger partial charge in [-0.05, 0) is 43.7 Å². The zero-order valence-electron chi connectivity index (χ0n) is 18.4. The summed E-state index contributed by atoms with van der Waals surface area (Å²) in [6.07, 6.45) is 5.12. The Bertz CT molecular complexity index is 929. The molecule has 0 unspecified atom stereocenters. The van der Waals surface area contributed by atoms with Crippen LogP contribution in [0.2, 0.25) is 0 Å². The van der Waals surface area contributed by atoms with Crippen LogP contribution in [-0.4, -0.2) is 59.7 Å². The number of likely N-dealkylation sites (tertiary alicyclic amines) is 1. The molecule has 1 aromatic carbocycles. The Morgan fingerprint density at radius 2 is 1.94 bits per heavy atom. The summed E-state index contributed by atoms with van der Waals surface area (Å²) >= 11 is 0. The first kappa shape index (κ1) is 21.1. The summed E-state index contributed by atoms with van der Waals surface area (Å²) < 4.78 is 10.7. The summed E-state index contributed by atoms with van der Waals surface area (Å²) in [6.45, 7) is 3.88. The summed E-state index contributed by atoms with van der Waals surface area (Å²) in [5.74, 6) is 1.26. The van der Waals surface area contributed by atoms with Gasteiger partial charge in [-0.15, -0.1) is 0 Å². The second-order valence-electron chi connectivity index (χ2n) is 9.37. The van der Waals surface area contributed by atoms with Crippen LogP contribution >= 0.6 is 0 Å². The molecule has 2 saturated heterocycles. The molecule has 9 nitrogen and oxygen atoms in total. The van der Waals surface area contributed by atoms with E-state index in [0.29, 0.717) is 43.1 Å². The van der Waals surface area contributed by atoms with Crippen LogP contribution in [0.3, 0.4) is 0 Å². The summed E-state index contributed by atoms with van der Waals surface area (Å²) in [7, 11) is 0. The molecule has 3 heterocycles. The minimum atomic E-state index is -0.724. The highest BCUT2D eigenvalue weighted by molar-refractivity contribution is 6.07. The normalized spacial score (nSPS) is 28.3. The topological polar surface area (TPSA) is 100 Å². The lowest BCUT2D eigenvalue weighted by molar-refractivity contribution is -0.136. The third-order valence-corrected chi connectivity index (χ3v) is 7.44. The Morgan fingerprint density at radius 3 is 2.72 bits per heavy atom. The standard InChI is InChI=1S/C23H30N4O5/c1-15-4-2-3-9-23(15)21(29)27(22(30)25-23)13-26-10-7-16(8-11-26)20(28)24-17-5-6-18-19(12-17)32-14-31-18/h5-6,12,15-16H,2-4,7-11,13-14H2,1H3,(H,24,28)(H,25,30)/t15-,23-/m0/s1. The number of amides is 4. The molecule has 1 saturated carbocycles. The summed E-state index contributed by atoms with van der Waals surface area (Å²) in [5.41, 5.74) is -0.0362. The van der Waals surface area contributed by atoms with Gasteiger partial charge in [0, 0.05) is 30.8 Å². The Kier molecular flexibility index (Phi) is 5.44. The predicted molar refractivity (Wildman–Crippen MR) is 116 cm³/mol. The molecule has 4 aliphatic rings. The van der Waals surface area contributed by atoms with Crippen molar-refractivity contribution in [3.05, 3.63) is 18.2 Å². The Labute approximate surface area is 187 Å². The molecule has 1 aromatic rings. The largest absolute Gasteiger partial charge is 0.454 e. The number of hydrogen-bond acceptors (Lipinski definition) is 6. The summed E-state index contributed by atoms with van der Waals surface area (Å²) in [6, 6.07) is 5.08. The van der Waals surface area contributed by atoms with Gasteiger partial charge in [0.2, 0.25) is 12.7 Å². The van der Waals surface area contributed by atoms with Crippen LogP contribution in [0.15, 0.2) is 18.2 Å². The van der Waals surface area contributed by atoms with Gasteiger partial charge in [0.05, 0.1) is 6.67 Å². The van der Waals surface area contributed by atoms with Crippen LogP contribution in [0.25, 0.3) is 0 Å². The number of carbonyl (C=O) groups is 3. The Hall–Kier alpha value is -2.81. The van der Waals surface area contributed by atoms with Crippen LogP contribution in [0.5, 0.6) is 11.5 Å². The van der Waals surface area contributed by atoms with E-state index in [2.05, 4.69) is 22.5 Å². The lowest BCUT2D eigenvalue weighted by atomic mass is 9.73. The molecule has 2 atom stereocenters. The van der Waals surface area contributed by atoms with Crippen molar-refractivity contribution in [2.75, 3.05) is 31.9 Å². The molecular weight excluding hydrogens is 412 g/mol. The van der Waals surface area contributed by atoms with E-state index in [1.165, 1.54) is 4.90 Å². The van der Waals surface area contributed by atoms with E-state index in [0.717, 1.165) is 25.7 Å². The van der Waals surface area contributed by atoms with Crippen molar-refractivity contribution in [3.63, 3.8) is 0 Å². The molecule has 1 spiro atoms. The van der Waals surface area contributed by atoms with Gasteiger partial charge in [-0.2, -0.15) is 0 Å². The average molecular weight is 443 g/mol. The van der Waals surface area contributed by atoms with E-state index in [9.17, 15) is 14.4 Å². The van der Waals surface area contributed by atoms with Crippen LogP contribution < -0.4 is 20.1 Å². The number of piperidine rings is 1. The van der Waals surface area contributed by atoms with Gasteiger partial charge >= 0.3 is 6.03 Å². The number of ether oxygens (including phenoxy) is 2. The highest BCUT2D eigenvalue weighted by Gasteiger charge is 2.55. The van der Waals surface area contributed by atoms with Crippen LogP contribution in [0.4, 0.5) is 10.5 Å². The number of nitrogens with zero attached hydrogens (tertiary/aromatic N) is 2. The summed E-state index contributed by atoms with van der Waals surface area (Å²) in [5, 5.41) is 5.97. The number of imide groups is 1. The van der Waals surface area contributed by atoms with Gasteiger partial charge in [-0.25, -0.2) is 9.69 Å². The fourth-order valence-electron chi connectivity index (χ4n) is 5.38. The van der Waals surface area contributed by atoms with Gasteiger partial charge < -0.3 is 20.1 Å². The second-order valence-corrected chi connectivity index (χ2v) is 9.37. The molecule has 4 amide bonds. The minimum Gasteiger partial charge on any atom is -0.454 e. The Morgan fingerprint density at radius 1 is 1.16 bits per heavy atom. The maximum atomic E-state index is 13.2. The van der Waals surface area contributed by atoms with Crippen molar-refractivity contribution in [2.45, 2.75) is 51.0 Å². The van der Waals surface area contributed by atoms with E-state index >= 15 is 0 Å². The number of anilines is 1. The molecule has 9 heteroatoms. The molecule has 1 aliphatic carbocycles. The third-order valence-electron chi connectivity index (χ3n) is 7.44. The molecule has 2 N–H and O–H groups in total. The average Bonchev–Trinajstić information content (AvgIpc) is 3.35. The number of benzene rings is 1. The Balaban J connectivity index is 1.14. The molecule has 3 aliphatic heterocycles. The van der Waals surface area contributed by atoms with Crippen molar-refractivity contribution < 1.29 is 23.9 Å². The molecule has 0 radical (unpaired) electrons. The second kappa shape index (κ2) is 8.27. The summed E-state index contributed by atoms with van der Waals surface area (Å²) in [4.78, 5) is 42.0. The first-order valence-electron chi connectivity index (χ1n) is 11.5. The number of rotatable bonds is 4. The SMILES string of the molecule is C[C@H]1CCCC[C@]12NC(=O)N(CN1CCC(C(=O)Nc3ccc4c(c3)OCO4)CC1)C2=O. The van der Waals surface area contributed by atoms with Crippen molar-refractivity contribution >= 4 is 23.5 Å². The third kappa shape index (κ3) is 3.68. The monoisotopic (exact) mass is 442 g/mol. The van der Waals surface area contributed by atoms with E-state index in [4.69, 9.17) is 9.47 Å². The number of urea groups is 1. The number of nitrogens with one attached hydrogen (secondary N) is 2. The zero-order chi connectivity index (χ0) is 22.3. The minimum absolute atomic E-state index is 0.0199. The fourth-order valence-corrected chi connectivity index (χ4v) is 5.38. The smallest absolute Gasteiger partial charge is 0.326 e. The molecule has 3 fully saturated rings. The van der Waals surface area contributed by atoms with Crippen molar-refractivity contribution in [1.29, 1.82) is 0 Å². The first-order chi connectivity index (χ1) is 15.5. The molecule has 32 heavy (non-hydrogen) atoms. The molecular formula is C23H30N4O5. The molecule has 0 aromatic heterocycles. The maximum Gasteiger partial charge on any atom is 0.326 e. The van der Waals surface area contributed by atoms with Gasteiger partial charge in [-0.3, -0.25) is 14.5 Å².